The van der Waals surface area contributed by atoms with E-state index in [1.54, 1.807) is 7.11 Å². The third kappa shape index (κ3) is 3.98. The summed E-state index contributed by atoms with van der Waals surface area (Å²) in [5, 5.41) is 2.57. The van der Waals surface area contributed by atoms with Gasteiger partial charge in [-0.25, -0.2) is 4.79 Å². The summed E-state index contributed by atoms with van der Waals surface area (Å²) in [7, 11) is 1.66. The maximum absolute atomic E-state index is 10.6. The molecule has 0 radical (unpaired) electrons. The van der Waals surface area contributed by atoms with Crippen molar-refractivity contribution < 1.29 is 9.53 Å². The van der Waals surface area contributed by atoms with Crippen molar-refractivity contribution in [1.82, 2.24) is 5.32 Å². The topological polar surface area (TPSA) is 64.3 Å². The highest BCUT2D eigenvalue weighted by molar-refractivity contribution is 5.71. The lowest BCUT2D eigenvalue weighted by atomic mass is 10.00. The second-order valence-corrected chi connectivity index (χ2v) is 4.27. The van der Waals surface area contributed by atoms with Crippen LogP contribution in [0.25, 0.3) is 0 Å². The van der Waals surface area contributed by atoms with Gasteiger partial charge in [0.2, 0.25) is 0 Å². The van der Waals surface area contributed by atoms with Gasteiger partial charge in [0.25, 0.3) is 0 Å². The quantitative estimate of drug-likeness (QED) is 0.821. The van der Waals surface area contributed by atoms with Crippen LogP contribution in [0.15, 0.2) is 18.2 Å². The molecule has 0 saturated heterocycles. The molecular formula is C13H20N2O2. The molecule has 0 bridgehead atoms. The van der Waals surface area contributed by atoms with E-state index in [0.29, 0.717) is 18.9 Å². The molecule has 17 heavy (non-hydrogen) atoms. The van der Waals surface area contributed by atoms with Crippen LogP contribution in [-0.4, -0.2) is 19.7 Å². The Morgan fingerprint density at radius 1 is 1.47 bits per heavy atom. The fourth-order valence-electron chi connectivity index (χ4n) is 1.65. The molecule has 1 aromatic rings. The molecule has 2 amide bonds. The summed E-state index contributed by atoms with van der Waals surface area (Å²) in [5.41, 5.74) is 7.33. The Bertz CT molecular complexity index is 389. The average Bonchev–Trinajstić information content (AvgIpc) is 2.28. The summed E-state index contributed by atoms with van der Waals surface area (Å²) in [6.45, 7) is 4.80. The predicted octanol–water partition coefficient (Wildman–Crippen LogP) is 2.03. The first-order valence-electron chi connectivity index (χ1n) is 5.74. The Morgan fingerprint density at radius 3 is 2.71 bits per heavy atom. The number of hydrogen-bond donors (Lipinski definition) is 2. The zero-order valence-electron chi connectivity index (χ0n) is 10.6. The van der Waals surface area contributed by atoms with Crippen LogP contribution in [0.5, 0.6) is 5.75 Å². The van der Waals surface area contributed by atoms with Crippen LogP contribution in [-0.2, 0) is 6.42 Å². The minimum atomic E-state index is -0.497. The predicted molar refractivity (Wildman–Crippen MR) is 68.4 cm³/mol. The van der Waals surface area contributed by atoms with Crippen molar-refractivity contribution in [3.63, 3.8) is 0 Å². The molecule has 4 heteroatoms. The number of urea groups is 1. The summed E-state index contributed by atoms with van der Waals surface area (Å²) in [6.07, 6.45) is 0.713. The van der Waals surface area contributed by atoms with Crippen LogP contribution in [0, 0.1) is 0 Å². The van der Waals surface area contributed by atoms with Gasteiger partial charge in [0.1, 0.15) is 5.75 Å². The highest BCUT2D eigenvalue weighted by Gasteiger charge is 2.06. The highest BCUT2D eigenvalue weighted by atomic mass is 16.5. The van der Waals surface area contributed by atoms with Gasteiger partial charge in [-0.05, 0) is 29.5 Å². The highest BCUT2D eigenvalue weighted by Crippen LogP contribution is 2.24. The number of carbonyl (C=O) groups excluding carboxylic acids is 1. The van der Waals surface area contributed by atoms with Gasteiger partial charge in [0, 0.05) is 6.54 Å². The van der Waals surface area contributed by atoms with Gasteiger partial charge < -0.3 is 15.8 Å². The number of ether oxygens (including phenoxy) is 1. The number of nitrogens with two attached hydrogens (primary N) is 1. The number of rotatable bonds is 5. The summed E-state index contributed by atoms with van der Waals surface area (Å²) in [5.74, 6) is 1.34. The van der Waals surface area contributed by atoms with Gasteiger partial charge in [0.15, 0.2) is 0 Å². The average molecular weight is 236 g/mol. The molecule has 0 fully saturated rings. The molecule has 0 heterocycles. The first kappa shape index (κ1) is 13.4. The van der Waals surface area contributed by atoms with E-state index in [0.717, 1.165) is 11.3 Å². The van der Waals surface area contributed by atoms with Crippen LogP contribution in [0.1, 0.15) is 30.9 Å². The van der Waals surface area contributed by atoms with Crippen molar-refractivity contribution in [1.29, 1.82) is 0 Å². The monoisotopic (exact) mass is 236 g/mol. The number of nitrogens with one attached hydrogen (secondary N) is 1. The van der Waals surface area contributed by atoms with E-state index in [1.807, 2.05) is 12.1 Å². The lowest BCUT2D eigenvalue weighted by molar-refractivity contribution is 0.249. The van der Waals surface area contributed by atoms with Crippen LogP contribution in [0.3, 0.4) is 0 Å². The van der Waals surface area contributed by atoms with Crippen molar-refractivity contribution >= 4 is 6.03 Å². The zero-order chi connectivity index (χ0) is 12.8. The second-order valence-electron chi connectivity index (χ2n) is 4.27. The van der Waals surface area contributed by atoms with Crippen LogP contribution < -0.4 is 15.8 Å². The van der Waals surface area contributed by atoms with E-state index in [1.165, 1.54) is 5.56 Å². The number of benzene rings is 1. The van der Waals surface area contributed by atoms with Crippen molar-refractivity contribution in [2.24, 2.45) is 5.73 Å². The lowest BCUT2D eigenvalue weighted by Crippen LogP contribution is -2.31. The van der Waals surface area contributed by atoms with Crippen LogP contribution >= 0.6 is 0 Å². The third-order valence-electron chi connectivity index (χ3n) is 2.67. The fourth-order valence-corrected chi connectivity index (χ4v) is 1.65. The minimum Gasteiger partial charge on any atom is -0.496 e. The van der Waals surface area contributed by atoms with Crippen molar-refractivity contribution in [3.8, 4) is 5.75 Å². The first-order chi connectivity index (χ1) is 8.04. The van der Waals surface area contributed by atoms with Crippen molar-refractivity contribution in [3.05, 3.63) is 29.3 Å². The second kappa shape index (κ2) is 6.13. The summed E-state index contributed by atoms with van der Waals surface area (Å²) in [6, 6.07) is 5.68. The van der Waals surface area contributed by atoms with Gasteiger partial charge in [-0.2, -0.15) is 0 Å². The van der Waals surface area contributed by atoms with Crippen LogP contribution in [0.2, 0.25) is 0 Å². The van der Waals surface area contributed by atoms with E-state index >= 15 is 0 Å². The smallest absolute Gasteiger partial charge is 0.312 e. The molecule has 0 aliphatic rings. The van der Waals surface area contributed by atoms with Gasteiger partial charge >= 0.3 is 6.03 Å². The van der Waals surface area contributed by atoms with Gasteiger partial charge in [-0.15, -0.1) is 0 Å². The van der Waals surface area contributed by atoms with E-state index in [4.69, 9.17) is 10.5 Å². The number of methoxy groups -OCH3 is 1. The molecule has 0 aliphatic carbocycles. The molecule has 3 N–H and O–H groups in total. The van der Waals surface area contributed by atoms with E-state index in [9.17, 15) is 4.79 Å². The van der Waals surface area contributed by atoms with Gasteiger partial charge in [-0.3, -0.25) is 0 Å². The maximum atomic E-state index is 10.6. The number of carbonyl (C=O) groups is 1. The minimum absolute atomic E-state index is 0.474. The maximum Gasteiger partial charge on any atom is 0.312 e. The normalized spacial score (nSPS) is 10.4. The Morgan fingerprint density at radius 2 is 2.18 bits per heavy atom. The number of hydrogen-bond acceptors (Lipinski definition) is 2. The largest absolute Gasteiger partial charge is 0.496 e. The molecule has 1 rings (SSSR count). The molecule has 0 unspecified atom stereocenters. The number of amides is 2. The summed E-state index contributed by atoms with van der Waals surface area (Å²) < 4.78 is 5.35. The molecular weight excluding hydrogens is 216 g/mol. The lowest BCUT2D eigenvalue weighted by Gasteiger charge is -2.12. The Kier molecular flexibility index (Phi) is 4.82. The van der Waals surface area contributed by atoms with Gasteiger partial charge in [0.05, 0.1) is 7.11 Å². The van der Waals surface area contributed by atoms with E-state index in [2.05, 4.69) is 25.2 Å². The third-order valence-corrected chi connectivity index (χ3v) is 2.67. The standard InChI is InChI=1S/C13H20N2O2/c1-9(2)11-5-4-10(12(8-11)17-3)6-7-15-13(14)16/h4-5,8-9H,6-7H2,1-3H3,(H3,14,15,16). The van der Waals surface area contributed by atoms with E-state index < -0.39 is 6.03 Å². The summed E-state index contributed by atoms with van der Waals surface area (Å²) >= 11 is 0. The molecule has 94 valence electrons. The molecule has 0 spiro atoms. The molecule has 1 aromatic carbocycles. The van der Waals surface area contributed by atoms with Crippen LogP contribution in [0.4, 0.5) is 4.79 Å². The Labute approximate surface area is 102 Å². The SMILES string of the molecule is COc1cc(C(C)C)ccc1CCNC(N)=O. The Balaban J connectivity index is 2.74. The first-order valence-corrected chi connectivity index (χ1v) is 5.74. The Hall–Kier alpha value is -1.71. The molecule has 0 atom stereocenters. The molecule has 0 aromatic heterocycles. The molecule has 4 nitrogen and oxygen atoms in total. The molecule has 0 saturated carbocycles. The fraction of sp³-hybridized carbons (Fsp3) is 0.462. The van der Waals surface area contributed by atoms with Gasteiger partial charge in [-0.1, -0.05) is 26.0 Å². The van der Waals surface area contributed by atoms with Crippen molar-refractivity contribution in [2.45, 2.75) is 26.2 Å². The summed E-state index contributed by atoms with van der Waals surface area (Å²) in [4.78, 5) is 10.6. The van der Waals surface area contributed by atoms with E-state index in [-0.39, 0.29) is 0 Å². The molecule has 0 aliphatic heterocycles. The number of primary amides is 1. The zero-order valence-corrected chi connectivity index (χ0v) is 10.6. The van der Waals surface area contributed by atoms with Crippen molar-refractivity contribution in [2.75, 3.05) is 13.7 Å².